The van der Waals surface area contributed by atoms with Gasteiger partial charge in [0.15, 0.2) is 17.5 Å². The maximum atomic E-state index is 13.1. The highest BCUT2D eigenvalue weighted by Gasteiger charge is 2.27. The van der Waals surface area contributed by atoms with Crippen LogP contribution in [0.15, 0.2) is 12.1 Å². The van der Waals surface area contributed by atoms with Crippen LogP contribution in [0.25, 0.3) is 0 Å². The van der Waals surface area contributed by atoms with Gasteiger partial charge in [0.1, 0.15) is 0 Å². The van der Waals surface area contributed by atoms with E-state index in [1.54, 1.807) is 0 Å². The Kier molecular flexibility index (Phi) is 3.59. The van der Waals surface area contributed by atoms with Crippen molar-refractivity contribution in [2.75, 3.05) is 0 Å². The first-order valence-corrected chi connectivity index (χ1v) is 5.86. The Hall–Kier alpha value is -1.52. The Bertz CT molecular complexity index is 442. The highest BCUT2D eigenvalue weighted by molar-refractivity contribution is 5.70. The van der Waals surface area contributed by atoms with E-state index in [0.29, 0.717) is 31.2 Å². The molecule has 0 amide bonds. The molecule has 0 spiro atoms. The van der Waals surface area contributed by atoms with Crippen LogP contribution >= 0.6 is 0 Å². The van der Waals surface area contributed by atoms with Crippen LogP contribution in [0.4, 0.5) is 13.2 Å². The number of aliphatic carboxylic acids is 1. The summed E-state index contributed by atoms with van der Waals surface area (Å²) in [7, 11) is 0. The van der Waals surface area contributed by atoms with Gasteiger partial charge in [0.2, 0.25) is 0 Å². The molecule has 1 fully saturated rings. The molecule has 0 atom stereocenters. The zero-order valence-corrected chi connectivity index (χ0v) is 9.63. The van der Waals surface area contributed by atoms with Gasteiger partial charge in [-0.15, -0.1) is 0 Å². The molecule has 1 aromatic carbocycles. The van der Waals surface area contributed by atoms with E-state index in [1.807, 2.05) is 0 Å². The summed E-state index contributed by atoms with van der Waals surface area (Å²) in [4.78, 5) is 10.8. The molecule has 1 aliphatic rings. The standard InChI is InChI=1S/C13H13F3O2/c14-10-5-9(6-11(15)12(10)16)7-1-3-8(4-2-7)13(17)18/h5-8H,1-4H2,(H,17,18)/t7-,8-. The van der Waals surface area contributed by atoms with Crippen molar-refractivity contribution in [1.82, 2.24) is 0 Å². The molecule has 1 aromatic rings. The summed E-state index contributed by atoms with van der Waals surface area (Å²) in [6, 6.07) is 2.01. The number of carbonyl (C=O) groups is 1. The summed E-state index contributed by atoms with van der Waals surface area (Å²) in [5.74, 6) is -5.14. The van der Waals surface area contributed by atoms with Crippen molar-refractivity contribution in [3.8, 4) is 0 Å². The van der Waals surface area contributed by atoms with Crippen LogP contribution < -0.4 is 0 Å². The van der Waals surface area contributed by atoms with Crippen molar-refractivity contribution in [2.45, 2.75) is 31.6 Å². The lowest BCUT2D eigenvalue weighted by molar-refractivity contribution is -0.142. The largest absolute Gasteiger partial charge is 0.481 e. The molecule has 98 valence electrons. The number of rotatable bonds is 2. The third-order valence-corrected chi connectivity index (χ3v) is 3.55. The van der Waals surface area contributed by atoms with E-state index in [4.69, 9.17) is 5.11 Å². The van der Waals surface area contributed by atoms with Gasteiger partial charge in [0.25, 0.3) is 0 Å². The van der Waals surface area contributed by atoms with Crippen LogP contribution in [0.1, 0.15) is 37.2 Å². The fourth-order valence-corrected chi connectivity index (χ4v) is 2.48. The predicted octanol–water partition coefficient (Wildman–Crippen LogP) is 3.46. The zero-order chi connectivity index (χ0) is 13.3. The first-order valence-electron chi connectivity index (χ1n) is 5.86. The summed E-state index contributed by atoms with van der Waals surface area (Å²) < 4.78 is 39.0. The minimum atomic E-state index is -1.46. The van der Waals surface area contributed by atoms with Crippen molar-refractivity contribution in [1.29, 1.82) is 0 Å². The molecule has 2 rings (SSSR count). The maximum Gasteiger partial charge on any atom is 0.306 e. The van der Waals surface area contributed by atoms with E-state index >= 15 is 0 Å². The van der Waals surface area contributed by atoms with Crippen molar-refractivity contribution in [2.24, 2.45) is 5.92 Å². The molecule has 0 aromatic heterocycles. The van der Waals surface area contributed by atoms with Gasteiger partial charge in [-0.2, -0.15) is 0 Å². The van der Waals surface area contributed by atoms with Gasteiger partial charge in [-0.05, 0) is 49.3 Å². The molecule has 0 unspecified atom stereocenters. The maximum absolute atomic E-state index is 13.1. The van der Waals surface area contributed by atoms with Crippen LogP contribution in [0, 0.1) is 23.4 Å². The Labute approximate surface area is 102 Å². The van der Waals surface area contributed by atoms with Gasteiger partial charge in [-0.25, -0.2) is 13.2 Å². The van der Waals surface area contributed by atoms with Crippen LogP contribution in [0.5, 0.6) is 0 Å². The van der Waals surface area contributed by atoms with Gasteiger partial charge < -0.3 is 5.11 Å². The van der Waals surface area contributed by atoms with Gasteiger partial charge in [0.05, 0.1) is 5.92 Å². The fourth-order valence-electron chi connectivity index (χ4n) is 2.48. The van der Waals surface area contributed by atoms with Crippen LogP contribution in [-0.2, 0) is 4.79 Å². The van der Waals surface area contributed by atoms with Crippen LogP contribution in [0.2, 0.25) is 0 Å². The van der Waals surface area contributed by atoms with Crippen molar-refractivity contribution in [3.05, 3.63) is 35.1 Å². The molecule has 0 bridgehead atoms. The lowest BCUT2D eigenvalue weighted by Crippen LogP contribution is -2.20. The fraction of sp³-hybridized carbons (Fsp3) is 0.462. The molecule has 0 aliphatic heterocycles. The number of carboxylic acid groups (broad SMARTS) is 1. The average molecular weight is 258 g/mol. The molecule has 1 aliphatic carbocycles. The summed E-state index contributed by atoms with van der Waals surface area (Å²) in [5.41, 5.74) is 0.412. The Morgan fingerprint density at radius 3 is 2.00 bits per heavy atom. The Balaban J connectivity index is 2.12. The van der Waals surface area contributed by atoms with Crippen molar-refractivity contribution in [3.63, 3.8) is 0 Å². The number of carboxylic acids is 1. The lowest BCUT2D eigenvalue weighted by atomic mass is 9.79. The number of halogens is 3. The summed E-state index contributed by atoms with van der Waals surface area (Å²) in [5, 5.41) is 8.85. The number of hydrogen-bond donors (Lipinski definition) is 1. The predicted molar refractivity (Wildman–Crippen MR) is 58.7 cm³/mol. The second-order valence-electron chi connectivity index (χ2n) is 4.69. The van der Waals surface area contributed by atoms with E-state index < -0.39 is 23.4 Å². The Morgan fingerprint density at radius 1 is 1.06 bits per heavy atom. The minimum absolute atomic E-state index is 0.0924. The monoisotopic (exact) mass is 258 g/mol. The number of hydrogen-bond acceptors (Lipinski definition) is 1. The molecule has 2 nitrogen and oxygen atoms in total. The smallest absolute Gasteiger partial charge is 0.306 e. The first-order chi connectivity index (χ1) is 8.49. The topological polar surface area (TPSA) is 37.3 Å². The van der Waals surface area contributed by atoms with E-state index in [-0.39, 0.29) is 11.8 Å². The molecular weight excluding hydrogens is 245 g/mol. The van der Waals surface area contributed by atoms with E-state index in [0.717, 1.165) is 12.1 Å². The second-order valence-corrected chi connectivity index (χ2v) is 4.69. The lowest BCUT2D eigenvalue weighted by Gasteiger charge is -2.26. The molecule has 1 saturated carbocycles. The molecular formula is C13H13F3O2. The third-order valence-electron chi connectivity index (χ3n) is 3.55. The third kappa shape index (κ3) is 2.49. The highest BCUT2D eigenvalue weighted by Crippen LogP contribution is 2.36. The van der Waals surface area contributed by atoms with Crippen molar-refractivity contribution >= 4 is 5.97 Å². The van der Waals surface area contributed by atoms with Gasteiger partial charge in [0, 0.05) is 0 Å². The molecule has 0 radical (unpaired) electrons. The zero-order valence-electron chi connectivity index (χ0n) is 9.63. The second kappa shape index (κ2) is 5.00. The van der Waals surface area contributed by atoms with Crippen molar-refractivity contribution < 1.29 is 23.1 Å². The van der Waals surface area contributed by atoms with Crippen LogP contribution in [-0.4, -0.2) is 11.1 Å². The summed E-state index contributed by atoms with van der Waals surface area (Å²) >= 11 is 0. The number of benzene rings is 1. The molecule has 5 heteroatoms. The molecule has 0 saturated heterocycles. The Morgan fingerprint density at radius 2 is 1.56 bits per heavy atom. The van der Waals surface area contributed by atoms with Gasteiger partial charge in [-0.3, -0.25) is 4.79 Å². The van der Waals surface area contributed by atoms with E-state index in [1.165, 1.54) is 0 Å². The van der Waals surface area contributed by atoms with E-state index in [9.17, 15) is 18.0 Å². The quantitative estimate of drug-likeness (QED) is 0.825. The van der Waals surface area contributed by atoms with E-state index in [2.05, 4.69) is 0 Å². The van der Waals surface area contributed by atoms with Crippen LogP contribution in [0.3, 0.4) is 0 Å². The highest BCUT2D eigenvalue weighted by atomic mass is 19.2. The first kappa shape index (κ1) is 12.9. The molecule has 0 heterocycles. The SMILES string of the molecule is O=C(O)[C@H]1CC[C@H](c2cc(F)c(F)c(F)c2)CC1. The van der Waals surface area contributed by atoms with Gasteiger partial charge in [-0.1, -0.05) is 0 Å². The summed E-state index contributed by atoms with van der Waals surface area (Å²) in [6.07, 6.45) is 2.09. The minimum Gasteiger partial charge on any atom is -0.481 e. The average Bonchev–Trinajstić information content (AvgIpc) is 2.35. The normalized spacial score (nSPS) is 23.9. The molecule has 1 N–H and O–H groups in total. The van der Waals surface area contributed by atoms with Gasteiger partial charge >= 0.3 is 5.97 Å². The molecule has 18 heavy (non-hydrogen) atoms. The summed E-state index contributed by atoms with van der Waals surface area (Å²) in [6.45, 7) is 0.